The van der Waals surface area contributed by atoms with Gasteiger partial charge in [0.05, 0.1) is 17.7 Å². The van der Waals surface area contributed by atoms with Crippen molar-refractivity contribution in [1.82, 2.24) is 4.57 Å². The zero-order valence-electron chi connectivity index (χ0n) is 19.0. The molecule has 2 aliphatic carbocycles. The summed E-state index contributed by atoms with van der Waals surface area (Å²) in [7, 11) is 0. The second kappa shape index (κ2) is 7.52. The maximum atomic E-state index is 12.2. The van der Waals surface area contributed by atoms with Gasteiger partial charge in [0.25, 0.3) is 5.91 Å². The van der Waals surface area contributed by atoms with Crippen LogP contribution in [0.25, 0.3) is 5.69 Å². The molecule has 0 fully saturated rings. The molecule has 0 bridgehead atoms. The van der Waals surface area contributed by atoms with Crippen molar-refractivity contribution in [2.75, 3.05) is 5.32 Å². The summed E-state index contributed by atoms with van der Waals surface area (Å²) in [5.74, 6) is -0.437. The fourth-order valence-corrected chi connectivity index (χ4v) is 5.63. The van der Waals surface area contributed by atoms with Gasteiger partial charge in [0.15, 0.2) is 0 Å². The number of nitrogens with two attached hydrogens (primary N) is 1. The number of rotatable bonds is 4. The molecule has 2 atom stereocenters. The second-order valence-electron chi connectivity index (χ2n) is 10.1. The third-order valence-corrected chi connectivity index (χ3v) is 7.08. The molecule has 2 unspecified atom stereocenters. The summed E-state index contributed by atoms with van der Waals surface area (Å²) >= 11 is 0. The number of nitrogens with one attached hydrogen (secondary N) is 1. The Hall–Kier alpha value is -3.05. The molecule has 5 rings (SSSR count). The van der Waals surface area contributed by atoms with Crippen LogP contribution >= 0.6 is 0 Å². The molecule has 5 heteroatoms. The summed E-state index contributed by atoms with van der Waals surface area (Å²) in [6.07, 6.45) is 5.32. The van der Waals surface area contributed by atoms with E-state index in [9.17, 15) is 9.90 Å². The van der Waals surface area contributed by atoms with Gasteiger partial charge in [-0.05, 0) is 72.9 Å². The maximum absolute atomic E-state index is 12.2. The molecule has 1 amide bonds. The Labute approximate surface area is 189 Å². The van der Waals surface area contributed by atoms with Crippen molar-refractivity contribution < 1.29 is 9.90 Å². The average molecular weight is 430 g/mol. The highest BCUT2D eigenvalue weighted by atomic mass is 16.3. The number of hydrogen-bond acceptors (Lipinski definition) is 3. The van der Waals surface area contributed by atoms with E-state index in [0.29, 0.717) is 5.56 Å². The van der Waals surface area contributed by atoms with Crippen LogP contribution in [0, 0.1) is 12.3 Å². The molecule has 2 aromatic carbocycles. The molecule has 2 aliphatic rings. The first kappa shape index (κ1) is 20.8. The zero-order valence-corrected chi connectivity index (χ0v) is 19.0. The van der Waals surface area contributed by atoms with Crippen molar-refractivity contribution in [2.45, 2.75) is 58.6 Å². The van der Waals surface area contributed by atoms with Gasteiger partial charge in [-0.25, -0.2) is 0 Å². The van der Waals surface area contributed by atoms with Crippen LogP contribution < -0.4 is 11.1 Å². The monoisotopic (exact) mass is 429 g/mol. The van der Waals surface area contributed by atoms with Crippen LogP contribution in [-0.4, -0.2) is 15.6 Å². The normalized spacial score (nSPS) is 21.1. The number of aromatic nitrogens is 1. The molecule has 1 aromatic heterocycles. The van der Waals surface area contributed by atoms with Crippen LogP contribution in [0.2, 0.25) is 0 Å². The van der Waals surface area contributed by atoms with Crippen LogP contribution in [0.5, 0.6) is 0 Å². The van der Waals surface area contributed by atoms with E-state index in [1.807, 2.05) is 18.2 Å². The van der Waals surface area contributed by atoms with Crippen LogP contribution in [0.15, 0.2) is 48.7 Å². The summed E-state index contributed by atoms with van der Waals surface area (Å²) in [4.78, 5) is 12.2. The number of amides is 1. The molecule has 32 heavy (non-hydrogen) atoms. The van der Waals surface area contributed by atoms with Crippen molar-refractivity contribution in [3.05, 3.63) is 82.2 Å². The summed E-state index contributed by atoms with van der Waals surface area (Å²) in [6.45, 7) is 6.46. The summed E-state index contributed by atoms with van der Waals surface area (Å²) in [6, 6.07) is 14.4. The standard InChI is InChI=1S/C27H31N3O2/c1-16-15-30(23-13-27(2,3)14-24(31)25(16)23)18-9-10-20(26(28)32)22(12-18)29-21-11-8-17-6-4-5-7-19(17)21/h4-7,9-10,12,15,21,24,29,31H,8,11,13-14H2,1-3H3,(H2,28,32). The molecule has 0 saturated carbocycles. The highest BCUT2D eigenvalue weighted by Gasteiger charge is 2.35. The summed E-state index contributed by atoms with van der Waals surface area (Å²) < 4.78 is 2.17. The predicted octanol–water partition coefficient (Wildman–Crippen LogP) is 4.99. The van der Waals surface area contributed by atoms with E-state index in [4.69, 9.17) is 5.73 Å². The fourth-order valence-electron chi connectivity index (χ4n) is 5.63. The van der Waals surface area contributed by atoms with Crippen LogP contribution in [0.4, 0.5) is 5.69 Å². The van der Waals surface area contributed by atoms with Gasteiger partial charge in [-0.1, -0.05) is 38.1 Å². The largest absolute Gasteiger partial charge is 0.388 e. The number of carbonyl (C=O) groups is 1. The van der Waals surface area contributed by atoms with E-state index < -0.39 is 12.0 Å². The van der Waals surface area contributed by atoms with Gasteiger partial charge < -0.3 is 20.7 Å². The molecule has 166 valence electrons. The van der Waals surface area contributed by atoms with Gasteiger partial charge in [0.1, 0.15) is 0 Å². The third kappa shape index (κ3) is 3.51. The number of hydrogen-bond donors (Lipinski definition) is 3. The van der Waals surface area contributed by atoms with Crippen molar-refractivity contribution in [1.29, 1.82) is 0 Å². The second-order valence-corrected chi connectivity index (χ2v) is 10.1. The molecule has 0 saturated heterocycles. The Morgan fingerprint density at radius 2 is 2.00 bits per heavy atom. The number of nitrogens with zero attached hydrogens (tertiary/aromatic N) is 1. The van der Waals surface area contributed by atoms with Gasteiger partial charge in [-0.3, -0.25) is 4.79 Å². The number of aryl methyl sites for hydroxylation is 2. The first-order valence-electron chi connectivity index (χ1n) is 11.4. The van der Waals surface area contributed by atoms with E-state index in [1.165, 1.54) is 11.1 Å². The van der Waals surface area contributed by atoms with Crippen molar-refractivity contribution >= 4 is 11.6 Å². The van der Waals surface area contributed by atoms with Crippen LogP contribution in [-0.2, 0) is 12.8 Å². The average Bonchev–Trinajstić information content (AvgIpc) is 3.28. The molecule has 3 aromatic rings. The molecule has 1 heterocycles. The zero-order chi connectivity index (χ0) is 22.6. The van der Waals surface area contributed by atoms with Gasteiger partial charge in [-0.15, -0.1) is 0 Å². The lowest BCUT2D eigenvalue weighted by Gasteiger charge is -2.34. The van der Waals surface area contributed by atoms with Gasteiger partial charge in [0, 0.05) is 28.8 Å². The van der Waals surface area contributed by atoms with Crippen LogP contribution in [0.3, 0.4) is 0 Å². The van der Waals surface area contributed by atoms with Crippen molar-refractivity contribution in [3.63, 3.8) is 0 Å². The minimum absolute atomic E-state index is 0.0246. The van der Waals surface area contributed by atoms with E-state index in [0.717, 1.165) is 53.9 Å². The van der Waals surface area contributed by atoms with E-state index in [-0.39, 0.29) is 11.5 Å². The van der Waals surface area contributed by atoms with Crippen LogP contribution in [0.1, 0.15) is 77.1 Å². The highest BCUT2D eigenvalue weighted by molar-refractivity contribution is 5.99. The van der Waals surface area contributed by atoms with Gasteiger partial charge in [-0.2, -0.15) is 0 Å². The predicted molar refractivity (Wildman–Crippen MR) is 127 cm³/mol. The number of primary amides is 1. The SMILES string of the molecule is Cc1cn(-c2ccc(C(N)=O)c(NC3CCc4ccccc43)c2)c2c1C(O)CC(C)(C)C2. The topological polar surface area (TPSA) is 80.3 Å². The van der Waals surface area contributed by atoms with Crippen molar-refractivity contribution in [3.8, 4) is 5.69 Å². The lowest BCUT2D eigenvalue weighted by atomic mass is 9.75. The number of aliphatic hydroxyl groups is 1. The molecule has 0 aliphatic heterocycles. The Morgan fingerprint density at radius 3 is 2.78 bits per heavy atom. The lowest BCUT2D eigenvalue weighted by Crippen LogP contribution is -2.26. The summed E-state index contributed by atoms with van der Waals surface area (Å²) in [5.41, 5.74) is 13.9. The lowest BCUT2D eigenvalue weighted by molar-refractivity contribution is 0.0980. The fraction of sp³-hybridized carbons (Fsp3) is 0.370. The number of carbonyl (C=O) groups excluding carboxylic acids is 1. The molecule has 5 nitrogen and oxygen atoms in total. The number of benzene rings is 2. The maximum Gasteiger partial charge on any atom is 0.250 e. The smallest absolute Gasteiger partial charge is 0.250 e. The minimum Gasteiger partial charge on any atom is -0.388 e. The van der Waals surface area contributed by atoms with Gasteiger partial charge in [0.2, 0.25) is 0 Å². The Morgan fingerprint density at radius 1 is 1.22 bits per heavy atom. The Balaban J connectivity index is 1.57. The molecular formula is C27H31N3O2. The van der Waals surface area contributed by atoms with E-state index in [2.05, 4.69) is 61.1 Å². The first-order chi connectivity index (χ1) is 15.2. The Kier molecular flexibility index (Phi) is 4.90. The minimum atomic E-state index is -0.451. The molecule has 0 radical (unpaired) electrons. The van der Waals surface area contributed by atoms with E-state index in [1.54, 1.807) is 0 Å². The number of aliphatic hydroxyl groups excluding tert-OH is 1. The van der Waals surface area contributed by atoms with E-state index >= 15 is 0 Å². The molecule has 4 N–H and O–H groups in total. The molecule has 0 spiro atoms. The summed E-state index contributed by atoms with van der Waals surface area (Å²) in [5, 5.41) is 14.4. The Bertz CT molecular complexity index is 1210. The van der Waals surface area contributed by atoms with Gasteiger partial charge >= 0.3 is 0 Å². The number of anilines is 1. The first-order valence-corrected chi connectivity index (χ1v) is 11.4. The molecular weight excluding hydrogens is 398 g/mol. The van der Waals surface area contributed by atoms with Crippen molar-refractivity contribution in [2.24, 2.45) is 11.1 Å². The highest BCUT2D eigenvalue weighted by Crippen LogP contribution is 2.44. The number of fused-ring (bicyclic) bond motifs is 2. The quantitative estimate of drug-likeness (QED) is 0.547. The third-order valence-electron chi connectivity index (χ3n) is 7.08.